The molecule has 0 bridgehead atoms. The van der Waals surface area contributed by atoms with Gasteiger partial charge in [0.1, 0.15) is 5.75 Å². The highest BCUT2D eigenvalue weighted by molar-refractivity contribution is 7.80. The van der Waals surface area contributed by atoms with Crippen molar-refractivity contribution in [1.29, 1.82) is 0 Å². The summed E-state index contributed by atoms with van der Waals surface area (Å²) in [4.78, 5) is 0. The SMILES string of the molecule is COc1ccc(NC(=S)N/N=C2\CCc3ccccc32)cc1. The lowest BCUT2D eigenvalue weighted by atomic mass is 10.1. The van der Waals surface area contributed by atoms with E-state index in [2.05, 4.69) is 34.0 Å². The zero-order chi connectivity index (χ0) is 15.4. The Labute approximate surface area is 135 Å². The van der Waals surface area contributed by atoms with Crippen molar-refractivity contribution < 1.29 is 4.74 Å². The fourth-order valence-corrected chi connectivity index (χ4v) is 2.64. The second-order valence-electron chi connectivity index (χ2n) is 5.01. The summed E-state index contributed by atoms with van der Waals surface area (Å²) in [5.74, 6) is 0.812. The first kappa shape index (κ1) is 14.5. The van der Waals surface area contributed by atoms with Crippen molar-refractivity contribution in [2.24, 2.45) is 5.10 Å². The van der Waals surface area contributed by atoms with Crippen LogP contribution in [0.2, 0.25) is 0 Å². The first-order valence-electron chi connectivity index (χ1n) is 7.12. The van der Waals surface area contributed by atoms with E-state index < -0.39 is 0 Å². The molecule has 0 radical (unpaired) electrons. The first-order chi connectivity index (χ1) is 10.8. The molecular weight excluding hydrogens is 294 g/mol. The molecule has 0 unspecified atom stereocenters. The smallest absolute Gasteiger partial charge is 0.191 e. The molecule has 1 aliphatic carbocycles. The molecule has 2 aromatic carbocycles. The van der Waals surface area contributed by atoms with E-state index in [9.17, 15) is 0 Å². The molecule has 0 fully saturated rings. The molecule has 3 rings (SSSR count). The van der Waals surface area contributed by atoms with Crippen molar-refractivity contribution in [3.63, 3.8) is 0 Å². The molecule has 0 saturated heterocycles. The number of aryl methyl sites for hydroxylation is 1. The van der Waals surface area contributed by atoms with E-state index in [4.69, 9.17) is 17.0 Å². The largest absolute Gasteiger partial charge is 0.497 e. The summed E-state index contributed by atoms with van der Waals surface area (Å²) in [6.45, 7) is 0. The van der Waals surface area contributed by atoms with Crippen molar-refractivity contribution in [2.75, 3.05) is 12.4 Å². The average Bonchev–Trinajstić information content (AvgIpc) is 2.97. The third-order valence-electron chi connectivity index (χ3n) is 3.60. The van der Waals surface area contributed by atoms with Gasteiger partial charge in [0, 0.05) is 11.3 Å². The Balaban J connectivity index is 1.62. The monoisotopic (exact) mass is 311 g/mol. The quantitative estimate of drug-likeness (QED) is 0.674. The number of hydrogen-bond acceptors (Lipinski definition) is 3. The second kappa shape index (κ2) is 6.58. The zero-order valence-corrected chi connectivity index (χ0v) is 13.1. The predicted molar refractivity (Wildman–Crippen MR) is 93.7 cm³/mol. The van der Waals surface area contributed by atoms with Gasteiger partial charge in [0.2, 0.25) is 0 Å². The summed E-state index contributed by atoms with van der Waals surface area (Å²) >= 11 is 5.27. The molecular formula is C17H17N3OS. The predicted octanol–water partition coefficient (Wildman–Crippen LogP) is 3.33. The molecule has 2 aromatic rings. The van der Waals surface area contributed by atoms with Gasteiger partial charge in [0.05, 0.1) is 12.8 Å². The lowest BCUT2D eigenvalue weighted by Crippen LogP contribution is -2.25. The van der Waals surface area contributed by atoms with Crippen LogP contribution in [-0.4, -0.2) is 17.9 Å². The van der Waals surface area contributed by atoms with Gasteiger partial charge in [-0.3, -0.25) is 5.43 Å². The molecule has 5 heteroatoms. The topological polar surface area (TPSA) is 45.6 Å². The molecule has 0 spiro atoms. The summed E-state index contributed by atoms with van der Waals surface area (Å²) in [6.07, 6.45) is 1.98. The minimum atomic E-state index is 0.474. The van der Waals surface area contributed by atoms with Crippen LogP contribution in [0.5, 0.6) is 5.75 Å². The van der Waals surface area contributed by atoms with Crippen molar-refractivity contribution in [1.82, 2.24) is 5.43 Å². The van der Waals surface area contributed by atoms with E-state index in [1.54, 1.807) is 7.11 Å². The van der Waals surface area contributed by atoms with Gasteiger partial charge in [-0.05, 0) is 54.9 Å². The van der Waals surface area contributed by atoms with Crippen LogP contribution >= 0.6 is 12.2 Å². The standard InChI is InChI=1S/C17H17N3OS/c1-21-14-9-7-13(8-10-14)18-17(22)20-19-16-11-6-12-4-2-3-5-15(12)16/h2-5,7-10H,6,11H2,1H3,(H2,18,20,22)/b19-16+. The lowest BCUT2D eigenvalue weighted by molar-refractivity contribution is 0.415. The van der Waals surface area contributed by atoms with Gasteiger partial charge in [0.25, 0.3) is 0 Å². The van der Waals surface area contributed by atoms with Gasteiger partial charge < -0.3 is 10.1 Å². The highest BCUT2D eigenvalue weighted by Crippen LogP contribution is 2.21. The summed E-state index contributed by atoms with van der Waals surface area (Å²) in [5.41, 5.74) is 7.42. The third kappa shape index (κ3) is 3.26. The van der Waals surface area contributed by atoms with Crippen LogP contribution in [0.1, 0.15) is 17.5 Å². The van der Waals surface area contributed by atoms with Crippen molar-refractivity contribution in [3.8, 4) is 5.75 Å². The van der Waals surface area contributed by atoms with Gasteiger partial charge in [-0.1, -0.05) is 24.3 Å². The van der Waals surface area contributed by atoms with E-state index >= 15 is 0 Å². The molecule has 112 valence electrons. The van der Waals surface area contributed by atoms with Gasteiger partial charge in [-0.2, -0.15) is 5.10 Å². The minimum absolute atomic E-state index is 0.474. The fourth-order valence-electron chi connectivity index (χ4n) is 2.48. The molecule has 0 aliphatic heterocycles. The molecule has 4 nitrogen and oxygen atoms in total. The highest BCUT2D eigenvalue weighted by atomic mass is 32.1. The Morgan fingerprint density at radius 2 is 1.86 bits per heavy atom. The van der Waals surface area contributed by atoms with Crippen LogP contribution in [-0.2, 0) is 6.42 Å². The van der Waals surface area contributed by atoms with Crippen LogP contribution in [0.3, 0.4) is 0 Å². The number of rotatable bonds is 3. The van der Waals surface area contributed by atoms with Crippen LogP contribution in [0.15, 0.2) is 53.6 Å². The Hall–Kier alpha value is -2.40. The van der Waals surface area contributed by atoms with E-state index in [1.807, 2.05) is 30.3 Å². The maximum Gasteiger partial charge on any atom is 0.191 e. The fraction of sp³-hybridized carbons (Fsp3) is 0.176. The summed E-state index contributed by atoms with van der Waals surface area (Å²) < 4.78 is 5.12. The number of anilines is 1. The van der Waals surface area contributed by atoms with Gasteiger partial charge in [-0.25, -0.2) is 0 Å². The van der Waals surface area contributed by atoms with Crippen LogP contribution in [0.4, 0.5) is 5.69 Å². The summed E-state index contributed by atoms with van der Waals surface area (Å²) in [5, 5.41) is 8.01. The average molecular weight is 311 g/mol. The molecule has 2 N–H and O–H groups in total. The number of hydrazone groups is 1. The number of fused-ring (bicyclic) bond motifs is 1. The molecule has 0 saturated carbocycles. The zero-order valence-electron chi connectivity index (χ0n) is 12.3. The number of methoxy groups -OCH3 is 1. The van der Waals surface area contributed by atoms with Crippen LogP contribution in [0.25, 0.3) is 0 Å². The van der Waals surface area contributed by atoms with E-state index in [1.165, 1.54) is 11.1 Å². The first-order valence-corrected chi connectivity index (χ1v) is 7.53. The molecule has 1 aliphatic rings. The normalized spacial score (nSPS) is 14.5. The molecule has 0 amide bonds. The summed E-state index contributed by atoms with van der Waals surface area (Å²) in [7, 11) is 1.64. The Morgan fingerprint density at radius 3 is 2.64 bits per heavy atom. The maximum atomic E-state index is 5.27. The Morgan fingerprint density at radius 1 is 1.09 bits per heavy atom. The van der Waals surface area contributed by atoms with Crippen molar-refractivity contribution >= 4 is 28.7 Å². The third-order valence-corrected chi connectivity index (χ3v) is 3.79. The van der Waals surface area contributed by atoms with Gasteiger partial charge in [-0.15, -0.1) is 0 Å². The highest BCUT2D eigenvalue weighted by Gasteiger charge is 2.16. The molecule has 0 atom stereocenters. The molecule has 0 aromatic heterocycles. The summed E-state index contributed by atoms with van der Waals surface area (Å²) in [6, 6.07) is 15.9. The van der Waals surface area contributed by atoms with Gasteiger partial charge >= 0.3 is 0 Å². The number of ether oxygens (including phenoxy) is 1. The Bertz CT molecular complexity index is 710. The van der Waals surface area contributed by atoms with E-state index in [0.717, 1.165) is 30.0 Å². The Kier molecular flexibility index (Phi) is 4.34. The molecule has 0 heterocycles. The van der Waals surface area contributed by atoms with E-state index in [-0.39, 0.29) is 0 Å². The van der Waals surface area contributed by atoms with Crippen molar-refractivity contribution in [3.05, 3.63) is 59.7 Å². The number of thiocarbonyl (C=S) groups is 1. The van der Waals surface area contributed by atoms with Gasteiger partial charge in [0.15, 0.2) is 5.11 Å². The minimum Gasteiger partial charge on any atom is -0.497 e. The number of hydrogen-bond donors (Lipinski definition) is 2. The van der Waals surface area contributed by atoms with E-state index in [0.29, 0.717) is 5.11 Å². The number of benzene rings is 2. The lowest BCUT2D eigenvalue weighted by Gasteiger charge is -2.08. The van der Waals surface area contributed by atoms with Crippen molar-refractivity contribution in [2.45, 2.75) is 12.8 Å². The number of nitrogens with one attached hydrogen (secondary N) is 2. The van der Waals surface area contributed by atoms with Crippen LogP contribution < -0.4 is 15.5 Å². The number of nitrogens with zero attached hydrogens (tertiary/aromatic N) is 1. The molecule has 22 heavy (non-hydrogen) atoms. The second-order valence-corrected chi connectivity index (χ2v) is 5.42. The maximum absolute atomic E-state index is 5.27. The van der Waals surface area contributed by atoms with Crippen LogP contribution in [0, 0.1) is 0 Å².